The molecule has 140 valence electrons. The first-order valence-corrected chi connectivity index (χ1v) is 11.4. The van der Waals surface area contributed by atoms with E-state index in [4.69, 9.17) is 4.98 Å². The van der Waals surface area contributed by atoms with Crippen molar-refractivity contribution in [3.8, 4) is 0 Å². The first-order valence-electron chi connectivity index (χ1n) is 9.70. The van der Waals surface area contributed by atoms with Crippen molar-refractivity contribution in [1.82, 2.24) is 14.8 Å². The summed E-state index contributed by atoms with van der Waals surface area (Å²) in [5, 5.41) is 3.27. The average molecular weight is 398 g/mol. The Bertz CT molecular complexity index is 930. The van der Waals surface area contributed by atoms with Gasteiger partial charge in [0.1, 0.15) is 5.01 Å². The quantitative estimate of drug-likeness (QED) is 0.654. The molecular formula is C21H23N3OS2. The van der Waals surface area contributed by atoms with Gasteiger partial charge in [0.05, 0.1) is 22.8 Å². The molecule has 0 unspecified atom stereocenters. The van der Waals surface area contributed by atoms with E-state index >= 15 is 0 Å². The molecule has 0 bridgehead atoms. The summed E-state index contributed by atoms with van der Waals surface area (Å²) < 4.78 is 1.21. The summed E-state index contributed by atoms with van der Waals surface area (Å²) in [6, 6.07) is 10.6. The van der Waals surface area contributed by atoms with Crippen molar-refractivity contribution in [3.05, 3.63) is 51.2 Å². The number of benzene rings is 1. The Balaban J connectivity index is 1.33. The molecule has 0 N–H and O–H groups in total. The molecule has 27 heavy (non-hydrogen) atoms. The van der Waals surface area contributed by atoms with Crippen LogP contribution in [0.5, 0.6) is 0 Å². The van der Waals surface area contributed by atoms with Crippen LogP contribution in [0.15, 0.2) is 35.7 Å². The third-order valence-corrected chi connectivity index (χ3v) is 7.82. The zero-order chi connectivity index (χ0) is 18.2. The van der Waals surface area contributed by atoms with Gasteiger partial charge in [0.15, 0.2) is 0 Å². The number of nitrogens with zero attached hydrogens (tertiary/aromatic N) is 3. The summed E-state index contributed by atoms with van der Waals surface area (Å²) >= 11 is 3.59. The Morgan fingerprint density at radius 2 is 2.11 bits per heavy atom. The minimum absolute atomic E-state index is 0.144. The Kier molecular flexibility index (Phi) is 4.71. The lowest BCUT2D eigenvalue weighted by Crippen LogP contribution is -2.45. The second-order valence-electron chi connectivity index (χ2n) is 7.45. The topological polar surface area (TPSA) is 36.4 Å². The van der Waals surface area contributed by atoms with Crippen molar-refractivity contribution in [2.24, 2.45) is 0 Å². The molecule has 1 aromatic carbocycles. The number of thiophene rings is 1. The lowest BCUT2D eigenvalue weighted by molar-refractivity contribution is -0.136. The highest BCUT2D eigenvalue weighted by atomic mass is 32.1. The number of carbonyl (C=O) groups excluding carboxylic acids is 1. The lowest BCUT2D eigenvalue weighted by atomic mass is 10.0. The number of amides is 1. The third-order valence-electron chi connectivity index (χ3n) is 5.66. The number of likely N-dealkylation sites (tertiary alicyclic amines) is 1. The van der Waals surface area contributed by atoms with Crippen molar-refractivity contribution >= 4 is 38.8 Å². The van der Waals surface area contributed by atoms with Gasteiger partial charge in [-0.2, -0.15) is 0 Å². The van der Waals surface area contributed by atoms with Crippen molar-refractivity contribution in [1.29, 1.82) is 0 Å². The molecule has 6 heteroatoms. The number of fused-ring (bicyclic) bond motifs is 2. The van der Waals surface area contributed by atoms with Crippen LogP contribution in [-0.4, -0.2) is 40.3 Å². The van der Waals surface area contributed by atoms with E-state index in [0.717, 1.165) is 49.4 Å². The van der Waals surface area contributed by atoms with Crippen molar-refractivity contribution < 1.29 is 4.79 Å². The van der Waals surface area contributed by atoms with Gasteiger partial charge in [0.25, 0.3) is 0 Å². The van der Waals surface area contributed by atoms with Crippen molar-refractivity contribution in [2.75, 3.05) is 19.6 Å². The lowest BCUT2D eigenvalue weighted by Gasteiger charge is -2.36. The van der Waals surface area contributed by atoms with E-state index in [0.29, 0.717) is 6.54 Å². The Morgan fingerprint density at radius 1 is 1.19 bits per heavy atom. The SMILES string of the molecule is O=C(CN1CCc2sccc2C1)N1CCCC[C@@H]1c1nc2ccccc2s1. The summed E-state index contributed by atoms with van der Waals surface area (Å²) in [5.41, 5.74) is 2.46. The van der Waals surface area contributed by atoms with Crippen LogP contribution in [0.2, 0.25) is 0 Å². The maximum absolute atomic E-state index is 13.2. The summed E-state index contributed by atoms with van der Waals surface area (Å²) in [6.45, 7) is 3.27. The molecule has 1 amide bonds. The summed E-state index contributed by atoms with van der Waals surface area (Å²) in [4.78, 5) is 23.9. The predicted molar refractivity (Wildman–Crippen MR) is 111 cm³/mol. The maximum atomic E-state index is 13.2. The molecule has 1 atom stereocenters. The fraction of sp³-hybridized carbons (Fsp3) is 0.429. The number of aromatic nitrogens is 1. The maximum Gasteiger partial charge on any atom is 0.237 e. The van der Waals surface area contributed by atoms with Gasteiger partial charge in [0.2, 0.25) is 5.91 Å². The summed E-state index contributed by atoms with van der Waals surface area (Å²) in [6.07, 6.45) is 4.37. The molecule has 2 aliphatic rings. The van der Waals surface area contributed by atoms with Crippen LogP contribution in [0.3, 0.4) is 0 Å². The number of hydrogen-bond donors (Lipinski definition) is 0. The highest BCUT2D eigenvalue weighted by Crippen LogP contribution is 2.36. The highest BCUT2D eigenvalue weighted by molar-refractivity contribution is 7.18. The zero-order valence-electron chi connectivity index (χ0n) is 15.3. The molecule has 2 aromatic heterocycles. The minimum atomic E-state index is 0.144. The van der Waals surface area contributed by atoms with E-state index in [9.17, 15) is 4.79 Å². The van der Waals surface area contributed by atoms with E-state index in [1.807, 2.05) is 17.4 Å². The van der Waals surface area contributed by atoms with Crippen LogP contribution >= 0.6 is 22.7 Å². The number of hydrogen-bond acceptors (Lipinski definition) is 5. The molecule has 0 radical (unpaired) electrons. The average Bonchev–Trinajstić information content (AvgIpc) is 3.34. The summed E-state index contributed by atoms with van der Waals surface area (Å²) in [7, 11) is 0. The third kappa shape index (κ3) is 3.42. The van der Waals surface area contributed by atoms with Gasteiger partial charge in [0, 0.05) is 24.5 Å². The van der Waals surface area contributed by atoms with E-state index in [2.05, 4.69) is 39.4 Å². The second kappa shape index (κ2) is 7.34. The Hall–Kier alpha value is -1.76. The first kappa shape index (κ1) is 17.3. The van der Waals surface area contributed by atoms with Crippen LogP contribution in [0.4, 0.5) is 0 Å². The van der Waals surface area contributed by atoms with Gasteiger partial charge < -0.3 is 4.90 Å². The molecule has 0 spiro atoms. The van der Waals surface area contributed by atoms with E-state index in [1.165, 1.54) is 21.6 Å². The largest absolute Gasteiger partial charge is 0.332 e. The molecule has 4 heterocycles. The van der Waals surface area contributed by atoms with Crippen LogP contribution in [0, 0.1) is 0 Å². The number of thiazole rings is 1. The fourth-order valence-electron chi connectivity index (χ4n) is 4.24. The number of carbonyl (C=O) groups is 1. The molecule has 0 saturated carbocycles. The van der Waals surface area contributed by atoms with Crippen LogP contribution in [0.1, 0.15) is 40.8 Å². The summed E-state index contributed by atoms with van der Waals surface area (Å²) in [5.74, 6) is 0.262. The van der Waals surface area contributed by atoms with Gasteiger partial charge in [-0.1, -0.05) is 12.1 Å². The Morgan fingerprint density at radius 3 is 3.04 bits per heavy atom. The minimum Gasteiger partial charge on any atom is -0.332 e. The molecule has 2 aliphatic heterocycles. The molecule has 1 fully saturated rings. The monoisotopic (exact) mass is 397 g/mol. The predicted octanol–water partition coefficient (Wildman–Crippen LogP) is 4.47. The number of rotatable bonds is 3. The van der Waals surface area contributed by atoms with Crippen LogP contribution < -0.4 is 0 Å². The molecular weight excluding hydrogens is 374 g/mol. The standard InChI is InChI=1S/C21H23N3OS2/c25-20(14-23-11-8-18-15(13-23)9-12-26-18)24-10-4-3-6-17(24)21-22-16-5-1-2-7-19(16)27-21/h1-2,5,7,9,12,17H,3-4,6,8,10-11,13-14H2/t17-/m1/s1. The first-order chi connectivity index (χ1) is 13.3. The van der Waals surface area contributed by atoms with Crippen molar-refractivity contribution in [3.63, 3.8) is 0 Å². The smallest absolute Gasteiger partial charge is 0.237 e. The van der Waals surface area contributed by atoms with E-state index in [-0.39, 0.29) is 11.9 Å². The Labute approximate surface area is 167 Å². The molecule has 4 nitrogen and oxygen atoms in total. The van der Waals surface area contributed by atoms with Crippen LogP contribution in [0.25, 0.3) is 10.2 Å². The van der Waals surface area contributed by atoms with Gasteiger partial charge in [-0.05, 0) is 54.8 Å². The highest BCUT2D eigenvalue weighted by Gasteiger charge is 2.31. The fourth-order valence-corrected chi connectivity index (χ4v) is 6.25. The second-order valence-corrected chi connectivity index (χ2v) is 9.51. The number of piperidine rings is 1. The zero-order valence-corrected chi connectivity index (χ0v) is 16.9. The molecule has 0 aliphatic carbocycles. The van der Waals surface area contributed by atoms with Crippen molar-refractivity contribution in [2.45, 2.75) is 38.3 Å². The molecule has 1 saturated heterocycles. The van der Waals surface area contributed by atoms with Gasteiger partial charge in [-0.25, -0.2) is 4.98 Å². The van der Waals surface area contributed by atoms with Gasteiger partial charge in [-0.15, -0.1) is 22.7 Å². The van der Waals surface area contributed by atoms with E-state index in [1.54, 1.807) is 11.3 Å². The normalized spacial score (nSPS) is 20.7. The molecule has 5 rings (SSSR count). The number of para-hydroxylation sites is 1. The van der Waals surface area contributed by atoms with Crippen LogP contribution in [-0.2, 0) is 17.8 Å². The van der Waals surface area contributed by atoms with Gasteiger partial charge >= 0.3 is 0 Å². The van der Waals surface area contributed by atoms with Gasteiger partial charge in [-0.3, -0.25) is 9.69 Å². The van der Waals surface area contributed by atoms with E-state index < -0.39 is 0 Å². The molecule has 3 aromatic rings.